The zero-order chi connectivity index (χ0) is 36.7. The van der Waals surface area contributed by atoms with Crippen LogP contribution in [0.15, 0.2) is 86.6 Å². The number of methoxy groups -OCH3 is 2. The Morgan fingerprint density at radius 2 is 1.67 bits per heavy atom. The van der Waals surface area contributed by atoms with Crippen molar-refractivity contribution in [1.82, 2.24) is 10.0 Å². The predicted molar refractivity (Wildman–Crippen MR) is 206 cm³/mol. The number of sulfonamides is 1. The summed E-state index contributed by atoms with van der Waals surface area (Å²) < 4.78 is 40.3. The van der Waals surface area contributed by atoms with E-state index >= 15 is 0 Å². The molecule has 0 spiro atoms. The molecule has 0 aromatic heterocycles. The van der Waals surface area contributed by atoms with Crippen molar-refractivity contribution < 1.29 is 32.6 Å². The first kappa shape index (κ1) is 38.4. The zero-order valence-corrected chi connectivity index (χ0v) is 32.6. The summed E-state index contributed by atoms with van der Waals surface area (Å²) in [5, 5.41) is 13.5. The normalized spacial score (nSPS) is 13.4. The number of rotatable bonds is 15. The Bertz CT molecular complexity index is 2080. The number of phenolic OH excluding ortho intramolecular Hbond substituents is 1. The van der Waals surface area contributed by atoms with E-state index in [9.17, 15) is 23.1 Å². The van der Waals surface area contributed by atoms with Crippen LogP contribution in [0.5, 0.6) is 17.2 Å². The van der Waals surface area contributed by atoms with Crippen LogP contribution in [-0.4, -0.2) is 59.2 Å². The van der Waals surface area contributed by atoms with Gasteiger partial charge in [-0.15, -0.1) is 0 Å². The van der Waals surface area contributed by atoms with E-state index in [-0.39, 0.29) is 34.8 Å². The van der Waals surface area contributed by atoms with Crippen LogP contribution in [0, 0.1) is 0 Å². The maximum Gasteiger partial charge on any atom is 0.258 e. The largest absolute Gasteiger partial charge is 0.503 e. The number of aromatic hydroxyl groups is 1. The van der Waals surface area contributed by atoms with E-state index in [0.29, 0.717) is 70.7 Å². The lowest BCUT2D eigenvalue weighted by molar-refractivity contribution is -0.113. The molecule has 2 amide bonds. The number of phenols is 1. The summed E-state index contributed by atoms with van der Waals surface area (Å²) >= 11 is 12.9. The van der Waals surface area contributed by atoms with Crippen molar-refractivity contribution in [1.29, 1.82) is 0 Å². The van der Waals surface area contributed by atoms with Crippen LogP contribution in [0.3, 0.4) is 0 Å². The van der Waals surface area contributed by atoms with Gasteiger partial charge in [-0.2, -0.15) is 0 Å². The minimum atomic E-state index is -3.71. The summed E-state index contributed by atoms with van der Waals surface area (Å²) in [6, 6.07) is 20.5. The Morgan fingerprint density at radius 3 is 2.39 bits per heavy atom. The molecule has 268 valence electrons. The fraction of sp³-hybridized carbons (Fsp3) is 0.243. The molecular weight excluding hydrogens is 826 g/mol. The van der Waals surface area contributed by atoms with Crippen LogP contribution >= 0.6 is 43.5 Å². The van der Waals surface area contributed by atoms with Crippen molar-refractivity contribution in [2.24, 2.45) is 0 Å². The standard InChI is InChI=1S/C37H36Br2ClN3O7S/c1-49-33-13-9-26(40)22-30(33)36(45)41-16-14-23-6-10-27(11-7-23)51(47,48)42-15-4-3-5-17-43-32-12-8-25(38)21-28(32)29(37(43)46)18-24-19-31(39)35(44)34(20-24)50-2/h6-13,18-22,42,44H,3-5,14-17H2,1-2H3,(H,41,45)/b29-18+. The molecule has 4 aromatic carbocycles. The number of hydrogen-bond acceptors (Lipinski definition) is 7. The van der Waals surface area contributed by atoms with Gasteiger partial charge in [0.15, 0.2) is 11.5 Å². The average molecular weight is 862 g/mol. The van der Waals surface area contributed by atoms with Crippen molar-refractivity contribution >= 4 is 82.6 Å². The van der Waals surface area contributed by atoms with Crippen LogP contribution in [0.1, 0.15) is 46.3 Å². The van der Waals surface area contributed by atoms with E-state index in [0.717, 1.165) is 21.3 Å². The van der Waals surface area contributed by atoms with E-state index in [1.165, 1.54) is 14.2 Å². The molecule has 0 atom stereocenters. The molecule has 0 fully saturated rings. The minimum absolute atomic E-state index is 0.0189. The van der Waals surface area contributed by atoms with E-state index in [2.05, 4.69) is 41.9 Å². The molecule has 0 radical (unpaired) electrons. The van der Waals surface area contributed by atoms with Gasteiger partial charge in [-0.3, -0.25) is 9.59 Å². The van der Waals surface area contributed by atoms with Gasteiger partial charge < -0.3 is 24.8 Å². The number of anilines is 1. The molecule has 5 rings (SSSR count). The lowest BCUT2D eigenvalue weighted by Crippen LogP contribution is -2.28. The first-order valence-electron chi connectivity index (χ1n) is 16.0. The smallest absolute Gasteiger partial charge is 0.258 e. The van der Waals surface area contributed by atoms with Gasteiger partial charge in [0.1, 0.15) is 5.75 Å². The second-order valence-corrected chi connectivity index (χ2v) is 15.7. The van der Waals surface area contributed by atoms with Crippen molar-refractivity contribution in [2.45, 2.75) is 30.6 Å². The van der Waals surface area contributed by atoms with Gasteiger partial charge in [-0.1, -0.05) is 46.1 Å². The molecule has 0 aliphatic carbocycles. The van der Waals surface area contributed by atoms with Crippen LogP contribution in [0.4, 0.5) is 5.69 Å². The monoisotopic (exact) mass is 859 g/mol. The molecule has 14 heteroatoms. The zero-order valence-electron chi connectivity index (χ0n) is 27.8. The number of halogens is 3. The molecule has 1 aliphatic heterocycles. The average Bonchev–Trinajstić information content (AvgIpc) is 3.36. The summed E-state index contributed by atoms with van der Waals surface area (Å²) in [4.78, 5) is 28.1. The van der Waals surface area contributed by atoms with Crippen LogP contribution < -0.4 is 24.4 Å². The summed E-state index contributed by atoms with van der Waals surface area (Å²) in [6.45, 7) is 1.06. The summed E-state index contributed by atoms with van der Waals surface area (Å²) in [5.41, 5.74) is 4.00. The van der Waals surface area contributed by atoms with Gasteiger partial charge in [0.25, 0.3) is 11.8 Å². The highest BCUT2D eigenvalue weighted by molar-refractivity contribution is 9.10. The third kappa shape index (κ3) is 9.32. The van der Waals surface area contributed by atoms with Crippen molar-refractivity contribution in [3.8, 4) is 17.2 Å². The van der Waals surface area contributed by atoms with Gasteiger partial charge in [-0.05, 0) is 113 Å². The van der Waals surface area contributed by atoms with Crippen molar-refractivity contribution in [3.63, 3.8) is 0 Å². The topological polar surface area (TPSA) is 134 Å². The van der Waals surface area contributed by atoms with Gasteiger partial charge in [0.2, 0.25) is 10.0 Å². The molecule has 0 unspecified atom stereocenters. The Balaban J connectivity index is 1.10. The van der Waals surface area contributed by atoms with Gasteiger partial charge in [0.05, 0.1) is 34.8 Å². The summed E-state index contributed by atoms with van der Waals surface area (Å²) in [7, 11) is -0.768. The number of carbonyl (C=O) groups excluding carboxylic acids is 2. The van der Waals surface area contributed by atoms with Gasteiger partial charge in [-0.25, -0.2) is 13.1 Å². The van der Waals surface area contributed by atoms with Crippen molar-refractivity contribution in [2.75, 3.05) is 38.8 Å². The number of amides is 2. The maximum absolute atomic E-state index is 13.6. The molecule has 0 bridgehead atoms. The molecule has 4 aromatic rings. The Kier molecular flexibility index (Phi) is 12.9. The highest BCUT2D eigenvalue weighted by Crippen LogP contribution is 2.41. The fourth-order valence-corrected chi connectivity index (χ4v) is 7.73. The molecule has 0 saturated carbocycles. The van der Waals surface area contributed by atoms with Crippen molar-refractivity contribution in [3.05, 3.63) is 109 Å². The van der Waals surface area contributed by atoms with E-state index in [4.69, 9.17) is 21.1 Å². The van der Waals surface area contributed by atoms with Crippen LogP contribution in [-0.2, 0) is 21.2 Å². The summed E-state index contributed by atoms with van der Waals surface area (Å²) in [5.74, 6) is 0.235. The molecule has 0 saturated heterocycles. The van der Waals surface area contributed by atoms with E-state index in [1.54, 1.807) is 65.6 Å². The SMILES string of the molecule is COc1ccc(Cl)cc1C(=O)NCCc1ccc(S(=O)(=O)NCCCCCN2C(=O)/C(=C/c3cc(Br)c(O)c(OC)c3)c3cc(Br)ccc32)cc1. The maximum atomic E-state index is 13.6. The Labute approximate surface area is 319 Å². The number of hydrogen-bond donors (Lipinski definition) is 3. The lowest BCUT2D eigenvalue weighted by atomic mass is 10.0. The molecule has 3 N–H and O–H groups in total. The molecule has 1 aliphatic rings. The second-order valence-electron chi connectivity index (χ2n) is 11.7. The highest BCUT2D eigenvalue weighted by Gasteiger charge is 2.32. The third-order valence-corrected chi connectivity index (χ3v) is 11.1. The number of unbranched alkanes of at least 4 members (excludes halogenated alkanes) is 2. The van der Waals surface area contributed by atoms with Crippen LogP contribution in [0.25, 0.3) is 11.6 Å². The number of fused-ring (bicyclic) bond motifs is 1. The molecule has 1 heterocycles. The molecule has 10 nitrogen and oxygen atoms in total. The predicted octanol–water partition coefficient (Wildman–Crippen LogP) is 7.60. The number of nitrogens with one attached hydrogen (secondary N) is 2. The summed E-state index contributed by atoms with van der Waals surface area (Å²) in [6.07, 6.45) is 4.24. The lowest BCUT2D eigenvalue weighted by Gasteiger charge is -2.17. The third-order valence-electron chi connectivity index (χ3n) is 8.29. The number of carbonyl (C=O) groups is 2. The van der Waals surface area contributed by atoms with E-state index < -0.39 is 10.0 Å². The second kappa shape index (κ2) is 17.1. The Hall–Kier alpha value is -3.88. The number of ether oxygens (including phenoxy) is 2. The number of nitrogens with zero attached hydrogens (tertiary/aromatic N) is 1. The fourth-order valence-electron chi connectivity index (χ4n) is 5.66. The molecular formula is C37H36Br2ClN3O7S. The first-order valence-corrected chi connectivity index (χ1v) is 19.5. The number of benzene rings is 4. The first-order chi connectivity index (χ1) is 24.4. The highest BCUT2D eigenvalue weighted by atomic mass is 79.9. The van der Waals surface area contributed by atoms with Gasteiger partial charge in [0, 0.05) is 40.3 Å². The molecule has 51 heavy (non-hydrogen) atoms. The van der Waals surface area contributed by atoms with Gasteiger partial charge >= 0.3 is 0 Å². The quantitative estimate of drug-likeness (QED) is 0.0829. The minimum Gasteiger partial charge on any atom is -0.503 e. The van der Waals surface area contributed by atoms with Crippen LogP contribution in [0.2, 0.25) is 5.02 Å². The Morgan fingerprint density at radius 1 is 0.922 bits per heavy atom. The van der Waals surface area contributed by atoms with E-state index in [1.807, 2.05) is 18.2 Å².